The summed E-state index contributed by atoms with van der Waals surface area (Å²) < 4.78 is 18.5. The Hall–Kier alpha value is -1.31. The van der Waals surface area contributed by atoms with E-state index in [1.807, 2.05) is 32.9 Å². The number of benzene rings is 1. The van der Waals surface area contributed by atoms with Gasteiger partial charge >= 0.3 is 6.09 Å². The largest absolute Gasteiger partial charge is 0.453 e. The fraction of sp³-hybridized carbons (Fsp3) is 0.696. The van der Waals surface area contributed by atoms with Crippen LogP contribution in [0.5, 0.6) is 0 Å². The number of thioether (sulfide) groups is 1. The fourth-order valence-corrected chi connectivity index (χ4v) is 5.22. The van der Waals surface area contributed by atoms with Gasteiger partial charge in [0, 0.05) is 61.7 Å². The molecule has 0 saturated carbocycles. The Morgan fingerprint density at radius 2 is 1.87 bits per heavy atom. The van der Waals surface area contributed by atoms with E-state index in [4.69, 9.17) is 4.74 Å². The molecule has 1 atom stereocenters. The minimum Gasteiger partial charge on any atom is -0.453 e. The lowest BCUT2D eigenvalue weighted by Gasteiger charge is -2.47. The van der Waals surface area contributed by atoms with Crippen LogP contribution in [0.3, 0.4) is 0 Å². The maximum atomic E-state index is 13.5. The van der Waals surface area contributed by atoms with Gasteiger partial charge in [-0.05, 0) is 51.4 Å². The van der Waals surface area contributed by atoms with Crippen LogP contribution < -0.4 is 0 Å². The van der Waals surface area contributed by atoms with Gasteiger partial charge in [-0.3, -0.25) is 4.90 Å². The normalized spacial score (nSPS) is 19.9. The molecule has 1 aromatic rings. The first-order valence-electron chi connectivity index (χ1n) is 10.9. The molecule has 1 aromatic carbocycles. The molecule has 0 radical (unpaired) electrons. The summed E-state index contributed by atoms with van der Waals surface area (Å²) in [6.07, 6.45) is 0.610. The average molecular weight is 438 g/mol. The Morgan fingerprint density at radius 3 is 2.43 bits per heavy atom. The lowest BCUT2D eigenvalue weighted by molar-refractivity contribution is 0.0355. The van der Waals surface area contributed by atoms with Crippen molar-refractivity contribution < 1.29 is 13.9 Å². The summed E-state index contributed by atoms with van der Waals surface area (Å²) in [7, 11) is 1.42. The van der Waals surface area contributed by atoms with Crippen LogP contribution in [0.2, 0.25) is 0 Å². The molecule has 1 unspecified atom stereocenters. The first-order valence-corrected chi connectivity index (χ1v) is 12.1. The highest BCUT2D eigenvalue weighted by Crippen LogP contribution is 2.28. The Kier molecular flexibility index (Phi) is 8.04. The van der Waals surface area contributed by atoms with Crippen molar-refractivity contribution in [3.63, 3.8) is 0 Å². The lowest BCUT2D eigenvalue weighted by Crippen LogP contribution is -2.61. The molecule has 168 valence electrons. The maximum Gasteiger partial charge on any atom is 0.409 e. The third-order valence-corrected chi connectivity index (χ3v) is 7.19. The molecule has 0 aromatic heterocycles. The summed E-state index contributed by atoms with van der Waals surface area (Å²) in [6, 6.07) is 7.41. The Bertz CT molecular complexity index is 683. The predicted molar refractivity (Wildman–Crippen MR) is 122 cm³/mol. The number of nitrogens with zero attached hydrogens (tertiary/aromatic N) is 3. The van der Waals surface area contributed by atoms with Gasteiger partial charge in [-0.15, -0.1) is 0 Å². The lowest BCUT2D eigenvalue weighted by atomic mass is 9.92. The number of methoxy groups -OCH3 is 1. The Morgan fingerprint density at radius 1 is 1.23 bits per heavy atom. The summed E-state index contributed by atoms with van der Waals surface area (Å²) >= 11 is 2.05. The summed E-state index contributed by atoms with van der Waals surface area (Å²) in [6.45, 7) is 12.3. The van der Waals surface area contributed by atoms with E-state index in [0.29, 0.717) is 12.6 Å². The number of carbonyl (C=O) groups is 1. The molecule has 2 aliphatic rings. The summed E-state index contributed by atoms with van der Waals surface area (Å²) in [5.41, 5.74) is 0.721. The van der Waals surface area contributed by atoms with E-state index in [1.54, 1.807) is 4.90 Å². The van der Waals surface area contributed by atoms with Crippen LogP contribution in [-0.2, 0) is 4.74 Å². The molecule has 5 nitrogen and oxygen atoms in total. The second-order valence-corrected chi connectivity index (χ2v) is 10.6. The molecule has 3 rings (SSSR count). The molecule has 0 N–H and O–H groups in total. The van der Waals surface area contributed by atoms with Crippen molar-refractivity contribution in [1.82, 2.24) is 14.7 Å². The van der Waals surface area contributed by atoms with Crippen LogP contribution in [-0.4, -0.2) is 90.3 Å². The second-order valence-electron chi connectivity index (χ2n) is 9.35. The first kappa shape index (κ1) is 23.4. The van der Waals surface area contributed by atoms with Gasteiger partial charge in [-0.25, -0.2) is 9.18 Å². The van der Waals surface area contributed by atoms with Gasteiger partial charge in [-0.2, -0.15) is 11.8 Å². The third kappa shape index (κ3) is 6.11. The van der Waals surface area contributed by atoms with Crippen LogP contribution in [0.4, 0.5) is 9.18 Å². The van der Waals surface area contributed by atoms with Crippen molar-refractivity contribution >= 4 is 17.9 Å². The summed E-state index contributed by atoms with van der Waals surface area (Å²) in [5, 5.41) is 0. The second kappa shape index (κ2) is 10.3. The van der Waals surface area contributed by atoms with Crippen LogP contribution in [0.1, 0.15) is 38.7 Å². The van der Waals surface area contributed by atoms with Gasteiger partial charge in [0.2, 0.25) is 0 Å². The number of likely N-dealkylation sites (tertiary alicyclic amines) is 1. The number of rotatable bonds is 7. The zero-order chi connectivity index (χ0) is 21.7. The molecule has 0 bridgehead atoms. The van der Waals surface area contributed by atoms with E-state index in [0.717, 1.165) is 31.6 Å². The molecular weight excluding hydrogens is 401 g/mol. The number of ether oxygens (including phenoxy) is 1. The standard InChI is InChI=1S/C23H36FN3O2S/c1-23(2,3)27(22(28)29-4)15-19(18-5-7-20(24)8-6-18)9-10-25-16-21(17-25)26-11-13-30-14-12-26/h5-8,19,21H,9-17H2,1-4H3. The van der Waals surface area contributed by atoms with Gasteiger partial charge in [0.15, 0.2) is 0 Å². The monoisotopic (exact) mass is 437 g/mol. The molecule has 1 amide bonds. The molecule has 2 aliphatic heterocycles. The van der Waals surface area contributed by atoms with E-state index < -0.39 is 0 Å². The third-order valence-electron chi connectivity index (χ3n) is 6.24. The van der Waals surface area contributed by atoms with Gasteiger partial charge in [0.05, 0.1) is 7.11 Å². The molecule has 0 spiro atoms. The predicted octanol–water partition coefficient (Wildman–Crippen LogP) is 3.90. The fourth-order valence-electron chi connectivity index (χ4n) is 4.29. The molecular formula is C23H36FN3O2S. The smallest absolute Gasteiger partial charge is 0.409 e. The van der Waals surface area contributed by atoms with Crippen molar-refractivity contribution in [2.24, 2.45) is 0 Å². The molecule has 2 saturated heterocycles. The van der Waals surface area contributed by atoms with Crippen molar-refractivity contribution in [3.05, 3.63) is 35.6 Å². The number of hydrogen-bond donors (Lipinski definition) is 0. The Balaban J connectivity index is 1.62. The van der Waals surface area contributed by atoms with Crippen molar-refractivity contribution in [2.75, 3.05) is 57.9 Å². The zero-order valence-corrected chi connectivity index (χ0v) is 19.6. The van der Waals surface area contributed by atoms with E-state index >= 15 is 0 Å². The van der Waals surface area contributed by atoms with Crippen molar-refractivity contribution in [2.45, 2.75) is 44.7 Å². The number of halogens is 1. The summed E-state index contributed by atoms with van der Waals surface area (Å²) in [4.78, 5) is 19.3. The first-order chi connectivity index (χ1) is 14.3. The Labute approximate surface area is 184 Å². The van der Waals surface area contributed by atoms with Crippen LogP contribution in [0.15, 0.2) is 24.3 Å². The zero-order valence-electron chi connectivity index (χ0n) is 18.8. The number of carbonyl (C=O) groups excluding carboxylic acids is 1. The van der Waals surface area contributed by atoms with E-state index in [1.165, 1.54) is 43.8 Å². The summed E-state index contributed by atoms with van der Waals surface area (Å²) in [5.74, 6) is 2.40. The van der Waals surface area contributed by atoms with E-state index in [2.05, 4.69) is 21.6 Å². The molecule has 30 heavy (non-hydrogen) atoms. The molecule has 7 heteroatoms. The van der Waals surface area contributed by atoms with Gasteiger partial charge in [-0.1, -0.05) is 12.1 Å². The van der Waals surface area contributed by atoms with Crippen molar-refractivity contribution in [1.29, 1.82) is 0 Å². The van der Waals surface area contributed by atoms with Gasteiger partial charge in [0.25, 0.3) is 0 Å². The molecule has 0 aliphatic carbocycles. The van der Waals surface area contributed by atoms with Crippen LogP contribution in [0.25, 0.3) is 0 Å². The highest BCUT2D eigenvalue weighted by molar-refractivity contribution is 7.99. The van der Waals surface area contributed by atoms with Gasteiger partial charge in [0.1, 0.15) is 5.82 Å². The average Bonchev–Trinajstić information content (AvgIpc) is 2.69. The van der Waals surface area contributed by atoms with E-state index in [-0.39, 0.29) is 23.4 Å². The minimum absolute atomic E-state index is 0.134. The minimum atomic E-state index is -0.348. The van der Waals surface area contributed by atoms with Gasteiger partial charge < -0.3 is 14.5 Å². The topological polar surface area (TPSA) is 36.0 Å². The van der Waals surface area contributed by atoms with Crippen LogP contribution in [0, 0.1) is 5.82 Å². The number of amides is 1. The highest BCUT2D eigenvalue weighted by atomic mass is 32.2. The van der Waals surface area contributed by atoms with Crippen molar-refractivity contribution in [3.8, 4) is 0 Å². The SMILES string of the molecule is COC(=O)N(CC(CCN1CC(N2CCSCC2)C1)c1ccc(F)cc1)C(C)(C)C. The number of hydrogen-bond acceptors (Lipinski definition) is 5. The quantitative estimate of drug-likeness (QED) is 0.647. The maximum absolute atomic E-state index is 13.5. The van der Waals surface area contributed by atoms with E-state index in [9.17, 15) is 9.18 Å². The van der Waals surface area contributed by atoms with Crippen LogP contribution >= 0.6 is 11.8 Å². The molecule has 2 heterocycles. The molecule has 2 fully saturated rings. The highest BCUT2D eigenvalue weighted by Gasteiger charge is 2.34.